The number of ether oxygens (including phenoxy) is 1. The topological polar surface area (TPSA) is 90.3 Å². The van der Waals surface area contributed by atoms with Gasteiger partial charge < -0.3 is 10.1 Å². The Labute approximate surface area is 146 Å². The lowest BCUT2D eigenvalue weighted by atomic mass is 10.2. The number of sulfone groups is 1. The summed E-state index contributed by atoms with van der Waals surface area (Å²) < 4.78 is 30.4. The number of carbonyl (C=O) groups excluding carboxylic acids is 1. The van der Waals surface area contributed by atoms with E-state index in [1.54, 1.807) is 29.8 Å². The van der Waals surface area contributed by atoms with Crippen LogP contribution in [0.5, 0.6) is 5.75 Å². The standard InChI is InChI=1S/C17H21N3O4S/c1-12-3-5-15(6-4-12)24-10-17(21)18-16-9-13(2)19-20(16)14-7-8-25(22,23)11-14/h3-6,9,14H,7-8,10-11H2,1-2H3,(H,18,21)/t14-/m1/s1. The lowest BCUT2D eigenvalue weighted by Gasteiger charge is -2.14. The highest BCUT2D eigenvalue weighted by molar-refractivity contribution is 7.91. The monoisotopic (exact) mass is 363 g/mol. The van der Waals surface area contributed by atoms with Gasteiger partial charge in [0, 0.05) is 6.07 Å². The van der Waals surface area contributed by atoms with Crippen molar-refractivity contribution in [2.75, 3.05) is 23.4 Å². The van der Waals surface area contributed by atoms with E-state index in [1.165, 1.54) is 0 Å². The summed E-state index contributed by atoms with van der Waals surface area (Å²) >= 11 is 0. The fraction of sp³-hybridized carbons (Fsp3) is 0.412. The molecule has 7 nitrogen and oxygen atoms in total. The first kappa shape index (κ1) is 17.5. The highest BCUT2D eigenvalue weighted by Crippen LogP contribution is 2.27. The summed E-state index contributed by atoms with van der Waals surface area (Å²) in [4.78, 5) is 12.2. The normalized spacial score (nSPS) is 18.9. The molecule has 8 heteroatoms. The Hall–Kier alpha value is -2.35. The van der Waals surface area contributed by atoms with Gasteiger partial charge in [-0.1, -0.05) is 17.7 Å². The molecule has 1 saturated heterocycles. The minimum Gasteiger partial charge on any atom is -0.484 e. The summed E-state index contributed by atoms with van der Waals surface area (Å²) in [6, 6.07) is 8.92. The lowest BCUT2D eigenvalue weighted by Crippen LogP contribution is -2.23. The Morgan fingerprint density at radius 1 is 1.32 bits per heavy atom. The van der Waals surface area contributed by atoms with E-state index in [9.17, 15) is 13.2 Å². The fourth-order valence-corrected chi connectivity index (χ4v) is 4.51. The molecule has 0 saturated carbocycles. The van der Waals surface area contributed by atoms with Gasteiger partial charge in [-0.25, -0.2) is 13.1 Å². The zero-order valence-corrected chi connectivity index (χ0v) is 15.0. The molecule has 1 aromatic heterocycles. The van der Waals surface area contributed by atoms with Crippen molar-refractivity contribution in [2.24, 2.45) is 0 Å². The SMILES string of the molecule is Cc1ccc(OCC(=O)Nc2cc(C)nn2[C@@H]2CCS(=O)(=O)C2)cc1. The molecule has 1 aromatic carbocycles. The van der Waals surface area contributed by atoms with Crippen molar-refractivity contribution in [1.29, 1.82) is 0 Å². The van der Waals surface area contributed by atoms with E-state index in [4.69, 9.17) is 4.74 Å². The Kier molecular flexibility index (Phi) is 4.80. The third-order valence-electron chi connectivity index (χ3n) is 4.07. The van der Waals surface area contributed by atoms with Crippen LogP contribution >= 0.6 is 0 Å². The molecular weight excluding hydrogens is 342 g/mol. The summed E-state index contributed by atoms with van der Waals surface area (Å²) in [6.07, 6.45) is 0.506. The Morgan fingerprint density at radius 3 is 2.68 bits per heavy atom. The zero-order valence-electron chi connectivity index (χ0n) is 14.2. The lowest BCUT2D eigenvalue weighted by molar-refractivity contribution is -0.118. The van der Waals surface area contributed by atoms with Crippen LogP contribution in [0.3, 0.4) is 0 Å². The first-order chi connectivity index (χ1) is 11.8. The minimum absolute atomic E-state index is 0.0524. The number of rotatable bonds is 5. The van der Waals surface area contributed by atoms with Crippen LogP contribution in [-0.2, 0) is 14.6 Å². The average molecular weight is 363 g/mol. The van der Waals surface area contributed by atoms with Gasteiger partial charge in [-0.05, 0) is 32.4 Å². The van der Waals surface area contributed by atoms with Gasteiger partial charge in [-0.15, -0.1) is 0 Å². The van der Waals surface area contributed by atoms with Crippen molar-refractivity contribution in [1.82, 2.24) is 9.78 Å². The van der Waals surface area contributed by atoms with Crippen LogP contribution in [0, 0.1) is 13.8 Å². The average Bonchev–Trinajstić information content (AvgIpc) is 3.08. The predicted molar refractivity (Wildman–Crippen MR) is 94.6 cm³/mol. The number of carbonyl (C=O) groups is 1. The van der Waals surface area contributed by atoms with Crippen LogP contribution in [-0.4, -0.2) is 42.2 Å². The maximum atomic E-state index is 12.2. The van der Waals surface area contributed by atoms with Crippen LogP contribution in [0.1, 0.15) is 23.7 Å². The number of nitrogens with one attached hydrogen (secondary N) is 1. The predicted octanol–water partition coefficient (Wildman–Crippen LogP) is 1.88. The van der Waals surface area contributed by atoms with Crippen LogP contribution in [0.15, 0.2) is 30.3 Å². The second-order valence-electron chi connectivity index (χ2n) is 6.32. The molecule has 2 aromatic rings. The Morgan fingerprint density at radius 2 is 2.04 bits per heavy atom. The molecule has 0 spiro atoms. The number of aryl methyl sites for hydroxylation is 2. The van der Waals surface area contributed by atoms with E-state index < -0.39 is 9.84 Å². The van der Waals surface area contributed by atoms with Gasteiger partial charge in [0.2, 0.25) is 0 Å². The van der Waals surface area contributed by atoms with E-state index in [0.29, 0.717) is 18.0 Å². The van der Waals surface area contributed by atoms with Crippen LogP contribution in [0.4, 0.5) is 5.82 Å². The smallest absolute Gasteiger partial charge is 0.263 e. The summed E-state index contributed by atoms with van der Waals surface area (Å²) in [5, 5.41) is 7.09. The van der Waals surface area contributed by atoms with Crippen molar-refractivity contribution >= 4 is 21.6 Å². The van der Waals surface area contributed by atoms with Gasteiger partial charge in [0.05, 0.1) is 23.2 Å². The molecule has 2 heterocycles. The zero-order chi connectivity index (χ0) is 18.0. The molecule has 0 unspecified atom stereocenters. The van der Waals surface area contributed by atoms with Gasteiger partial charge in [0.15, 0.2) is 16.4 Å². The Bertz CT molecular complexity index is 872. The number of aromatic nitrogens is 2. The summed E-state index contributed by atoms with van der Waals surface area (Å²) in [7, 11) is -3.03. The van der Waals surface area contributed by atoms with Crippen molar-refractivity contribution < 1.29 is 17.9 Å². The van der Waals surface area contributed by atoms with Gasteiger partial charge in [0.25, 0.3) is 5.91 Å². The molecule has 1 fully saturated rings. The number of hydrogen-bond donors (Lipinski definition) is 1. The van der Waals surface area contributed by atoms with E-state index in [2.05, 4.69) is 10.4 Å². The van der Waals surface area contributed by atoms with Crippen LogP contribution in [0.25, 0.3) is 0 Å². The number of hydrogen-bond acceptors (Lipinski definition) is 5. The second kappa shape index (κ2) is 6.87. The van der Waals surface area contributed by atoms with Crippen LogP contribution < -0.4 is 10.1 Å². The van der Waals surface area contributed by atoms with E-state index >= 15 is 0 Å². The number of nitrogens with zero attached hydrogens (tertiary/aromatic N) is 2. The minimum atomic E-state index is -3.03. The maximum Gasteiger partial charge on any atom is 0.263 e. The van der Waals surface area contributed by atoms with Gasteiger partial charge in [0.1, 0.15) is 11.6 Å². The maximum absolute atomic E-state index is 12.2. The highest BCUT2D eigenvalue weighted by atomic mass is 32.2. The molecule has 134 valence electrons. The molecule has 0 radical (unpaired) electrons. The van der Waals surface area contributed by atoms with Crippen LogP contribution in [0.2, 0.25) is 0 Å². The van der Waals surface area contributed by atoms with Crippen molar-refractivity contribution in [2.45, 2.75) is 26.3 Å². The molecule has 0 bridgehead atoms. The Balaban J connectivity index is 1.64. The van der Waals surface area contributed by atoms with Crippen molar-refractivity contribution in [3.8, 4) is 5.75 Å². The molecule has 1 aliphatic heterocycles. The molecule has 25 heavy (non-hydrogen) atoms. The fourth-order valence-electron chi connectivity index (χ4n) is 2.82. The largest absolute Gasteiger partial charge is 0.484 e. The molecular formula is C17H21N3O4S. The summed E-state index contributed by atoms with van der Waals surface area (Å²) in [6.45, 7) is 3.65. The molecule has 3 rings (SSSR count). The van der Waals surface area contributed by atoms with Crippen molar-refractivity contribution in [3.63, 3.8) is 0 Å². The first-order valence-electron chi connectivity index (χ1n) is 8.08. The number of benzene rings is 1. The van der Waals surface area contributed by atoms with Gasteiger partial charge in [-0.2, -0.15) is 5.10 Å². The van der Waals surface area contributed by atoms with Gasteiger partial charge in [-0.3, -0.25) is 4.79 Å². The summed E-state index contributed by atoms with van der Waals surface area (Å²) in [5.74, 6) is 1.00. The third kappa shape index (κ3) is 4.39. The van der Waals surface area contributed by atoms with E-state index in [0.717, 1.165) is 11.3 Å². The highest BCUT2D eigenvalue weighted by Gasteiger charge is 2.31. The number of anilines is 1. The van der Waals surface area contributed by atoms with E-state index in [-0.39, 0.29) is 30.1 Å². The quantitative estimate of drug-likeness (QED) is 0.876. The van der Waals surface area contributed by atoms with Crippen molar-refractivity contribution in [3.05, 3.63) is 41.6 Å². The molecule has 1 atom stereocenters. The third-order valence-corrected chi connectivity index (χ3v) is 5.82. The first-order valence-corrected chi connectivity index (χ1v) is 9.90. The molecule has 0 aliphatic carbocycles. The summed E-state index contributed by atoms with van der Waals surface area (Å²) in [5.41, 5.74) is 1.83. The molecule has 1 amide bonds. The van der Waals surface area contributed by atoms with Gasteiger partial charge >= 0.3 is 0 Å². The molecule has 1 aliphatic rings. The second-order valence-corrected chi connectivity index (χ2v) is 8.55. The van der Waals surface area contributed by atoms with E-state index in [1.807, 2.05) is 19.1 Å². The number of amides is 1. The molecule has 1 N–H and O–H groups in total.